The summed E-state index contributed by atoms with van der Waals surface area (Å²) < 4.78 is 38.6. The third-order valence-electron chi connectivity index (χ3n) is 4.04. The van der Waals surface area contributed by atoms with Gasteiger partial charge in [-0.1, -0.05) is 0 Å². The number of alkyl halides is 3. The predicted molar refractivity (Wildman–Crippen MR) is 71.7 cm³/mol. The first-order valence-corrected chi connectivity index (χ1v) is 6.89. The zero-order valence-electron chi connectivity index (χ0n) is 11.4. The largest absolute Gasteiger partial charge is 0.433 e. The van der Waals surface area contributed by atoms with E-state index in [0.29, 0.717) is 19.1 Å². The molecule has 0 saturated carbocycles. The molecule has 0 bridgehead atoms. The number of aromatic nitrogens is 2. The average Bonchev–Trinajstić information content (AvgIpc) is 2.93. The highest BCUT2D eigenvalue weighted by atomic mass is 19.4. The quantitative estimate of drug-likeness (QED) is 0.629. The molecule has 1 aromatic heterocycles. The molecule has 3 rings (SSSR count). The second-order valence-electron chi connectivity index (χ2n) is 5.36. The van der Waals surface area contributed by atoms with Gasteiger partial charge in [0.05, 0.1) is 0 Å². The van der Waals surface area contributed by atoms with Crippen LogP contribution in [0.3, 0.4) is 0 Å². The zero-order valence-corrected chi connectivity index (χ0v) is 11.4. The molecule has 0 aliphatic carbocycles. The minimum Gasteiger partial charge on any atom is -0.354 e. The van der Waals surface area contributed by atoms with Gasteiger partial charge in [-0.25, -0.2) is 10.8 Å². The number of fused-ring (bicyclic) bond motifs is 1. The van der Waals surface area contributed by atoms with E-state index in [1.54, 1.807) is 0 Å². The fourth-order valence-electron chi connectivity index (χ4n) is 3.01. The minimum atomic E-state index is -4.52. The van der Waals surface area contributed by atoms with Crippen LogP contribution in [0.5, 0.6) is 0 Å². The monoisotopic (exact) mass is 302 g/mol. The number of nitrogens with zero attached hydrogens (tertiary/aromatic N) is 4. The first-order chi connectivity index (χ1) is 9.97. The number of halogens is 3. The van der Waals surface area contributed by atoms with Gasteiger partial charge in [0.1, 0.15) is 5.82 Å². The standard InChI is InChI=1S/C12H17F3N6/c13-12(14,15)9-6-10(18-11(17-9)19-16)21-5-4-20-3-1-2-8(20)7-21/h6,8H,1-5,7,16H2,(H,17,18,19). The van der Waals surface area contributed by atoms with E-state index in [4.69, 9.17) is 5.84 Å². The number of nitrogens with two attached hydrogens (primary N) is 1. The molecule has 9 heteroatoms. The fraction of sp³-hybridized carbons (Fsp3) is 0.667. The Balaban J connectivity index is 1.87. The Hall–Kier alpha value is -1.61. The van der Waals surface area contributed by atoms with Crippen molar-refractivity contribution in [3.05, 3.63) is 11.8 Å². The van der Waals surface area contributed by atoms with E-state index in [1.807, 2.05) is 4.90 Å². The molecule has 2 saturated heterocycles. The van der Waals surface area contributed by atoms with Crippen molar-refractivity contribution in [2.45, 2.75) is 25.1 Å². The molecule has 0 spiro atoms. The third-order valence-corrected chi connectivity index (χ3v) is 4.04. The van der Waals surface area contributed by atoms with Gasteiger partial charge in [0.2, 0.25) is 5.95 Å². The van der Waals surface area contributed by atoms with Gasteiger partial charge in [-0.2, -0.15) is 18.2 Å². The van der Waals surface area contributed by atoms with Crippen LogP contribution in [-0.4, -0.2) is 47.1 Å². The Bertz CT molecular complexity index is 520. The van der Waals surface area contributed by atoms with E-state index in [1.165, 1.54) is 0 Å². The summed E-state index contributed by atoms with van der Waals surface area (Å²) in [5.41, 5.74) is 1.13. The smallest absolute Gasteiger partial charge is 0.354 e. The van der Waals surface area contributed by atoms with Crippen LogP contribution in [0, 0.1) is 0 Å². The summed E-state index contributed by atoms with van der Waals surface area (Å²) in [6.45, 7) is 3.28. The second-order valence-corrected chi connectivity index (χ2v) is 5.36. The molecule has 1 atom stereocenters. The molecule has 0 aromatic carbocycles. The van der Waals surface area contributed by atoms with Crippen molar-refractivity contribution in [2.24, 2.45) is 5.84 Å². The van der Waals surface area contributed by atoms with Crippen LogP contribution in [0.2, 0.25) is 0 Å². The summed E-state index contributed by atoms with van der Waals surface area (Å²) in [5.74, 6) is 5.24. The van der Waals surface area contributed by atoms with E-state index >= 15 is 0 Å². The predicted octanol–water partition coefficient (Wildman–Crippen LogP) is 1.07. The van der Waals surface area contributed by atoms with Crippen molar-refractivity contribution in [3.8, 4) is 0 Å². The van der Waals surface area contributed by atoms with Crippen molar-refractivity contribution in [3.63, 3.8) is 0 Å². The van der Waals surface area contributed by atoms with E-state index in [-0.39, 0.29) is 11.8 Å². The summed E-state index contributed by atoms with van der Waals surface area (Å²) >= 11 is 0. The molecule has 2 aliphatic rings. The number of piperazine rings is 1. The van der Waals surface area contributed by atoms with E-state index in [9.17, 15) is 13.2 Å². The van der Waals surface area contributed by atoms with Crippen LogP contribution in [0.1, 0.15) is 18.5 Å². The first kappa shape index (κ1) is 14.3. The molecule has 0 amide bonds. The van der Waals surface area contributed by atoms with Crippen LogP contribution in [-0.2, 0) is 6.18 Å². The maximum atomic E-state index is 12.9. The van der Waals surface area contributed by atoms with Gasteiger partial charge >= 0.3 is 6.18 Å². The molecule has 2 fully saturated rings. The van der Waals surface area contributed by atoms with Gasteiger partial charge in [0.15, 0.2) is 5.69 Å². The lowest BCUT2D eigenvalue weighted by molar-refractivity contribution is -0.141. The van der Waals surface area contributed by atoms with Crippen molar-refractivity contribution in [1.29, 1.82) is 0 Å². The van der Waals surface area contributed by atoms with Gasteiger partial charge in [-0.05, 0) is 19.4 Å². The molecular weight excluding hydrogens is 285 g/mol. The lowest BCUT2D eigenvalue weighted by atomic mass is 10.1. The lowest BCUT2D eigenvalue weighted by Crippen LogP contribution is -2.50. The van der Waals surface area contributed by atoms with Gasteiger partial charge in [0.25, 0.3) is 0 Å². The second kappa shape index (κ2) is 5.30. The molecule has 1 aromatic rings. The number of nitrogen functional groups attached to an aromatic ring is 1. The van der Waals surface area contributed by atoms with Gasteiger partial charge in [0, 0.05) is 31.7 Å². The zero-order chi connectivity index (χ0) is 15.0. The molecule has 2 aliphatic heterocycles. The average molecular weight is 302 g/mol. The normalized spacial score (nSPS) is 23.2. The summed E-state index contributed by atoms with van der Waals surface area (Å²) in [6, 6.07) is 1.39. The van der Waals surface area contributed by atoms with Gasteiger partial charge < -0.3 is 4.90 Å². The van der Waals surface area contributed by atoms with Gasteiger partial charge in [-0.3, -0.25) is 10.3 Å². The molecular formula is C12H17F3N6. The summed E-state index contributed by atoms with van der Waals surface area (Å²) in [6.07, 6.45) is -2.29. The number of rotatable bonds is 2. The van der Waals surface area contributed by atoms with Gasteiger partial charge in [-0.15, -0.1) is 0 Å². The fourth-order valence-corrected chi connectivity index (χ4v) is 3.01. The van der Waals surface area contributed by atoms with Crippen molar-refractivity contribution < 1.29 is 13.2 Å². The molecule has 3 N–H and O–H groups in total. The molecule has 6 nitrogen and oxygen atoms in total. The highest BCUT2D eigenvalue weighted by molar-refractivity contribution is 5.46. The third kappa shape index (κ3) is 2.88. The van der Waals surface area contributed by atoms with E-state index in [0.717, 1.165) is 32.0 Å². The highest BCUT2D eigenvalue weighted by Gasteiger charge is 2.36. The van der Waals surface area contributed by atoms with Crippen molar-refractivity contribution >= 4 is 11.8 Å². The Labute approximate surface area is 120 Å². The molecule has 3 heterocycles. The first-order valence-electron chi connectivity index (χ1n) is 6.89. The van der Waals surface area contributed by atoms with Crippen LogP contribution < -0.4 is 16.2 Å². The SMILES string of the molecule is NNc1nc(N2CCN3CCCC3C2)cc(C(F)(F)F)n1. The van der Waals surface area contributed by atoms with Crippen LogP contribution in [0.4, 0.5) is 24.9 Å². The molecule has 0 radical (unpaired) electrons. The number of hydrogen-bond donors (Lipinski definition) is 2. The Kier molecular flexibility index (Phi) is 3.62. The number of anilines is 2. The summed E-state index contributed by atoms with van der Waals surface area (Å²) in [5, 5.41) is 0. The maximum absolute atomic E-state index is 12.9. The lowest BCUT2D eigenvalue weighted by Gasteiger charge is -2.38. The Morgan fingerprint density at radius 1 is 1.24 bits per heavy atom. The molecule has 1 unspecified atom stereocenters. The maximum Gasteiger partial charge on any atom is 0.433 e. The molecule has 21 heavy (non-hydrogen) atoms. The number of hydrazine groups is 1. The summed E-state index contributed by atoms with van der Waals surface area (Å²) in [4.78, 5) is 11.7. The van der Waals surface area contributed by atoms with Crippen molar-refractivity contribution in [1.82, 2.24) is 14.9 Å². The Morgan fingerprint density at radius 2 is 2.05 bits per heavy atom. The summed E-state index contributed by atoms with van der Waals surface area (Å²) in [7, 11) is 0. The van der Waals surface area contributed by atoms with Crippen molar-refractivity contribution in [2.75, 3.05) is 36.5 Å². The van der Waals surface area contributed by atoms with E-state index < -0.39 is 11.9 Å². The molecule has 116 valence electrons. The highest BCUT2D eigenvalue weighted by Crippen LogP contribution is 2.31. The van der Waals surface area contributed by atoms with Crippen LogP contribution in [0.15, 0.2) is 6.07 Å². The topological polar surface area (TPSA) is 70.3 Å². The van der Waals surface area contributed by atoms with Crippen LogP contribution in [0.25, 0.3) is 0 Å². The van der Waals surface area contributed by atoms with Crippen LogP contribution >= 0.6 is 0 Å². The minimum absolute atomic E-state index is 0.214. The van der Waals surface area contributed by atoms with E-state index in [2.05, 4.69) is 20.3 Å². The Morgan fingerprint density at radius 3 is 2.76 bits per heavy atom. The number of hydrogen-bond acceptors (Lipinski definition) is 6. The number of nitrogens with one attached hydrogen (secondary N) is 1.